The fraction of sp³-hybridized carbons (Fsp3) is 0.333. The second-order valence-electron chi connectivity index (χ2n) is 4.92. The summed E-state index contributed by atoms with van der Waals surface area (Å²) in [5, 5.41) is 3.45. The molecular weight excluding hydrogens is 281 g/mol. The molecule has 0 saturated heterocycles. The fourth-order valence-electron chi connectivity index (χ4n) is 1.89. The van der Waals surface area contributed by atoms with E-state index in [2.05, 4.69) is 5.32 Å². The van der Waals surface area contributed by atoms with Crippen molar-refractivity contribution in [2.24, 2.45) is 0 Å². The highest BCUT2D eigenvalue weighted by Gasteiger charge is 2.20. The van der Waals surface area contributed by atoms with Crippen LogP contribution in [0.15, 0.2) is 34.9 Å². The molecule has 1 aliphatic rings. The van der Waals surface area contributed by atoms with Gasteiger partial charge in [0.25, 0.3) is 0 Å². The average molecular weight is 296 g/mol. The van der Waals surface area contributed by atoms with E-state index < -0.39 is 5.82 Å². The van der Waals surface area contributed by atoms with Crippen molar-refractivity contribution >= 4 is 11.6 Å². The molecule has 0 aliphatic heterocycles. The Kier molecular flexibility index (Phi) is 3.94. The first-order valence-electron chi connectivity index (χ1n) is 6.59. The van der Waals surface area contributed by atoms with Crippen molar-refractivity contribution in [1.29, 1.82) is 0 Å². The first-order chi connectivity index (χ1) is 9.72. The molecule has 1 fully saturated rings. The van der Waals surface area contributed by atoms with Gasteiger partial charge in [-0.3, -0.25) is 0 Å². The number of benzene rings is 1. The van der Waals surface area contributed by atoms with Crippen LogP contribution in [0.2, 0.25) is 5.02 Å². The molecule has 0 unspecified atom stereocenters. The van der Waals surface area contributed by atoms with E-state index in [1.165, 1.54) is 18.9 Å². The zero-order valence-corrected chi connectivity index (χ0v) is 11.6. The smallest absolute Gasteiger partial charge is 0.183 e. The number of hydrogen-bond donors (Lipinski definition) is 1. The van der Waals surface area contributed by atoms with Crippen LogP contribution in [-0.2, 0) is 13.2 Å². The van der Waals surface area contributed by atoms with E-state index in [-0.39, 0.29) is 17.4 Å². The number of ether oxygens (including phenoxy) is 1. The van der Waals surface area contributed by atoms with Gasteiger partial charge in [0.2, 0.25) is 0 Å². The van der Waals surface area contributed by atoms with Crippen molar-refractivity contribution in [1.82, 2.24) is 5.32 Å². The van der Waals surface area contributed by atoms with E-state index in [9.17, 15) is 4.39 Å². The quantitative estimate of drug-likeness (QED) is 0.877. The molecule has 1 aliphatic carbocycles. The maximum absolute atomic E-state index is 13.6. The molecule has 2 aromatic rings. The summed E-state index contributed by atoms with van der Waals surface area (Å²) in [6, 6.07) is 7.24. The summed E-state index contributed by atoms with van der Waals surface area (Å²) in [4.78, 5) is 0. The first-order valence-corrected chi connectivity index (χ1v) is 6.96. The lowest BCUT2D eigenvalue weighted by Gasteiger charge is -2.05. The van der Waals surface area contributed by atoms with Gasteiger partial charge < -0.3 is 14.5 Å². The molecule has 3 rings (SSSR count). The fourth-order valence-corrected chi connectivity index (χ4v) is 2.05. The molecule has 0 radical (unpaired) electrons. The molecular formula is C15H15ClFNO2. The molecule has 0 amide bonds. The van der Waals surface area contributed by atoms with Crippen LogP contribution < -0.4 is 10.1 Å². The molecule has 3 nitrogen and oxygen atoms in total. The molecule has 5 heteroatoms. The second kappa shape index (κ2) is 5.85. The van der Waals surface area contributed by atoms with E-state index in [0.717, 1.165) is 12.1 Å². The molecule has 0 spiro atoms. The number of rotatable bonds is 6. The van der Waals surface area contributed by atoms with Crippen LogP contribution in [-0.4, -0.2) is 6.04 Å². The van der Waals surface area contributed by atoms with Crippen LogP contribution in [0.5, 0.6) is 5.75 Å². The lowest BCUT2D eigenvalue weighted by molar-refractivity contribution is 0.258. The Bertz CT molecular complexity index is 595. The van der Waals surface area contributed by atoms with Crippen molar-refractivity contribution in [3.63, 3.8) is 0 Å². The molecule has 0 atom stereocenters. The molecule has 1 N–H and O–H groups in total. The molecule has 1 aromatic heterocycles. The van der Waals surface area contributed by atoms with Crippen molar-refractivity contribution in [3.8, 4) is 5.75 Å². The molecule has 20 heavy (non-hydrogen) atoms. The molecule has 1 heterocycles. The van der Waals surface area contributed by atoms with Gasteiger partial charge in [0.1, 0.15) is 12.4 Å². The van der Waals surface area contributed by atoms with Crippen LogP contribution >= 0.6 is 11.6 Å². The summed E-state index contributed by atoms with van der Waals surface area (Å²) in [6.45, 7) is 0.973. The predicted octanol–water partition coefficient (Wildman–Crippen LogP) is 3.90. The van der Waals surface area contributed by atoms with Crippen molar-refractivity contribution < 1.29 is 13.5 Å². The second-order valence-corrected chi connectivity index (χ2v) is 5.32. The summed E-state index contributed by atoms with van der Waals surface area (Å²) < 4.78 is 24.4. The summed E-state index contributed by atoms with van der Waals surface area (Å²) in [6.07, 6.45) is 4.20. The zero-order valence-electron chi connectivity index (χ0n) is 10.9. The van der Waals surface area contributed by atoms with Crippen LogP contribution in [0, 0.1) is 5.82 Å². The highest BCUT2D eigenvalue weighted by atomic mass is 35.5. The normalized spacial score (nSPS) is 14.5. The predicted molar refractivity (Wildman–Crippen MR) is 74.3 cm³/mol. The lowest BCUT2D eigenvalue weighted by Crippen LogP contribution is -2.14. The summed E-state index contributed by atoms with van der Waals surface area (Å²) in [7, 11) is 0. The van der Waals surface area contributed by atoms with Gasteiger partial charge in [0.05, 0.1) is 11.3 Å². The highest BCUT2D eigenvalue weighted by molar-refractivity contribution is 6.30. The van der Waals surface area contributed by atoms with Gasteiger partial charge in [-0.2, -0.15) is 0 Å². The SMILES string of the molecule is Fc1c(Cl)cccc1OCc1cc(CNC2CC2)co1. The number of halogens is 2. The van der Waals surface area contributed by atoms with Gasteiger partial charge in [0, 0.05) is 18.2 Å². The Morgan fingerprint density at radius 1 is 1.40 bits per heavy atom. The molecule has 1 aromatic carbocycles. The Morgan fingerprint density at radius 2 is 2.25 bits per heavy atom. The summed E-state index contributed by atoms with van der Waals surface area (Å²) in [5.41, 5.74) is 1.07. The van der Waals surface area contributed by atoms with E-state index in [1.807, 2.05) is 6.07 Å². The summed E-state index contributed by atoms with van der Waals surface area (Å²) in [5.74, 6) is 0.250. The molecule has 106 valence electrons. The maximum Gasteiger partial charge on any atom is 0.183 e. The van der Waals surface area contributed by atoms with Crippen LogP contribution in [0.3, 0.4) is 0 Å². The van der Waals surface area contributed by atoms with E-state index in [1.54, 1.807) is 18.4 Å². The Morgan fingerprint density at radius 3 is 3.05 bits per heavy atom. The monoisotopic (exact) mass is 295 g/mol. The Hall–Kier alpha value is -1.52. The van der Waals surface area contributed by atoms with Gasteiger partial charge in [0.15, 0.2) is 11.6 Å². The van der Waals surface area contributed by atoms with Gasteiger partial charge in [-0.1, -0.05) is 17.7 Å². The number of nitrogens with one attached hydrogen (secondary N) is 1. The number of hydrogen-bond acceptors (Lipinski definition) is 3. The largest absolute Gasteiger partial charge is 0.483 e. The standard InChI is InChI=1S/C15H15ClFNO2/c16-13-2-1-3-14(15(13)17)20-9-12-6-10(8-19-12)7-18-11-4-5-11/h1-3,6,8,11,18H,4-5,7,9H2. The molecule has 1 saturated carbocycles. The van der Waals surface area contributed by atoms with Gasteiger partial charge in [-0.15, -0.1) is 0 Å². The van der Waals surface area contributed by atoms with Crippen molar-refractivity contribution in [3.05, 3.63) is 52.7 Å². The first kappa shape index (κ1) is 13.5. The van der Waals surface area contributed by atoms with Gasteiger partial charge >= 0.3 is 0 Å². The maximum atomic E-state index is 13.6. The van der Waals surface area contributed by atoms with E-state index >= 15 is 0 Å². The third-order valence-electron chi connectivity index (χ3n) is 3.17. The highest BCUT2D eigenvalue weighted by Crippen LogP contribution is 2.25. The Balaban J connectivity index is 1.56. The minimum atomic E-state index is -0.545. The van der Waals surface area contributed by atoms with Crippen LogP contribution in [0.25, 0.3) is 0 Å². The topological polar surface area (TPSA) is 34.4 Å². The molecule has 0 bridgehead atoms. The van der Waals surface area contributed by atoms with Crippen LogP contribution in [0.4, 0.5) is 4.39 Å². The number of furan rings is 1. The minimum absolute atomic E-state index is 0.0521. The summed E-state index contributed by atoms with van der Waals surface area (Å²) >= 11 is 5.69. The average Bonchev–Trinajstić information content (AvgIpc) is 3.17. The van der Waals surface area contributed by atoms with Crippen molar-refractivity contribution in [2.75, 3.05) is 0 Å². The Labute approximate surface area is 121 Å². The minimum Gasteiger partial charge on any atom is -0.483 e. The lowest BCUT2D eigenvalue weighted by atomic mass is 10.3. The third kappa shape index (κ3) is 3.32. The van der Waals surface area contributed by atoms with Crippen LogP contribution in [0.1, 0.15) is 24.2 Å². The third-order valence-corrected chi connectivity index (χ3v) is 3.46. The van der Waals surface area contributed by atoms with Crippen molar-refractivity contribution in [2.45, 2.75) is 32.0 Å². The van der Waals surface area contributed by atoms with Gasteiger partial charge in [-0.25, -0.2) is 4.39 Å². The van der Waals surface area contributed by atoms with E-state index in [0.29, 0.717) is 11.8 Å². The van der Waals surface area contributed by atoms with Gasteiger partial charge in [-0.05, 0) is 31.0 Å². The zero-order chi connectivity index (χ0) is 13.9. The van der Waals surface area contributed by atoms with E-state index in [4.69, 9.17) is 20.8 Å².